The van der Waals surface area contributed by atoms with E-state index >= 15 is 0 Å². The summed E-state index contributed by atoms with van der Waals surface area (Å²) in [6, 6.07) is 12.0. The predicted molar refractivity (Wildman–Crippen MR) is 111 cm³/mol. The van der Waals surface area contributed by atoms with E-state index in [-0.39, 0.29) is 39.4 Å². The minimum atomic E-state index is -4.05. The fraction of sp³-hybridized carbons (Fsp3) is 0.0526. The molecule has 3 rings (SSSR count). The van der Waals surface area contributed by atoms with Gasteiger partial charge < -0.3 is 10.1 Å². The van der Waals surface area contributed by atoms with Crippen molar-refractivity contribution >= 4 is 44.8 Å². The van der Waals surface area contributed by atoms with Crippen molar-refractivity contribution in [1.29, 1.82) is 0 Å². The van der Waals surface area contributed by atoms with Gasteiger partial charge in [-0.25, -0.2) is 13.6 Å². The lowest BCUT2D eigenvalue weighted by Gasteiger charge is -2.12. The topological polar surface area (TPSA) is 111 Å². The summed E-state index contributed by atoms with van der Waals surface area (Å²) in [7, 11) is -4.05. The summed E-state index contributed by atoms with van der Waals surface area (Å²) >= 11 is 12.0. The third-order valence-electron chi connectivity index (χ3n) is 3.70. The first-order valence-electron chi connectivity index (χ1n) is 8.20. The van der Waals surface area contributed by atoms with Crippen molar-refractivity contribution in [2.45, 2.75) is 11.3 Å². The first kappa shape index (κ1) is 21.1. The highest BCUT2D eigenvalue weighted by Crippen LogP contribution is 2.33. The Bertz CT molecular complexity index is 1160. The molecule has 0 radical (unpaired) electrons. The molecule has 0 fully saturated rings. The molecule has 3 N–H and O–H groups in total. The largest absolute Gasteiger partial charge is 0.456 e. The number of amides is 1. The molecule has 10 heteroatoms. The van der Waals surface area contributed by atoms with Gasteiger partial charge in [0.1, 0.15) is 11.5 Å². The Kier molecular flexibility index (Phi) is 6.39. The van der Waals surface area contributed by atoms with Crippen molar-refractivity contribution in [1.82, 2.24) is 4.98 Å². The number of carbonyl (C=O) groups excluding carboxylic acids is 1. The fourth-order valence-corrected chi connectivity index (χ4v) is 3.46. The number of carbonyl (C=O) groups is 1. The number of anilines is 1. The van der Waals surface area contributed by atoms with Gasteiger partial charge in [0.15, 0.2) is 0 Å². The number of ether oxygens (including phenoxy) is 1. The van der Waals surface area contributed by atoms with Gasteiger partial charge in [0.05, 0.1) is 16.3 Å². The van der Waals surface area contributed by atoms with Crippen LogP contribution in [-0.4, -0.2) is 19.3 Å². The van der Waals surface area contributed by atoms with Gasteiger partial charge in [-0.15, -0.1) is 0 Å². The number of aromatic nitrogens is 1. The van der Waals surface area contributed by atoms with Crippen LogP contribution < -0.4 is 15.2 Å². The second-order valence-electron chi connectivity index (χ2n) is 6.00. The number of nitrogens with one attached hydrogen (secondary N) is 1. The molecule has 1 amide bonds. The molecule has 0 bridgehead atoms. The Labute approximate surface area is 177 Å². The molecule has 0 saturated carbocycles. The standard InChI is InChI=1S/C19H15Cl2N3O4S/c20-13-3-4-18(17(21)7-13)28-15-8-14(9-16(10-15)29(22,26)27)24-19(25)6-12-2-1-5-23-11-12/h1-5,7-11H,6H2,(H,24,25)(H2,22,26,27). The number of halogens is 2. The molecular weight excluding hydrogens is 437 g/mol. The first-order chi connectivity index (χ1) is 13.7. The number of rotatable bonds is 6. The molecule has 0 aliphatic rings. The zero-order chi connectivity index (χ0) is 21.0. The Morgan fingerprint density at radius 2 is 1.93 bits per heavy atom. The van der Waals surface area contributed by atoms with E-state index in [2.05, 4.69) is 10.3 Å². The highest BCUT2D eigenvalue weighted by molar-refractivity contribution is 7.89. The predicted octanol–water partition coefficient (Wildman–Crippen LogP) is 4.01. The highest BCUT2D eigenvalue weighted by Gasteiger charge is 2.15. The van der Waals surface area contributed by atoms with E-state index in [1.54, 1.807) is 30.6 Å². The number of primary sulfonamides is 1. The number of hydrogen-bond acceptors (Lipinski definition) is 5. The van der Waals surface area contributed by atoms with E-state index in [0.717, 1.165) is 0 Å². The lowest BCUT2D eigenvalue weighted by Crippen LogP contribution is -2.16. The smallest absolute Gasteiger partial charge is 0.238 e. The van der Waals surface area contributed by atoms with E-state index in [1.807, 2.05) is 0 Å². The summed E-state index contributed by atoms with van der Waals surface area (Å²) in [5.41, 5.74) is 0.905. The molecule has 7 nitrogen and oxygen atoms in total. The van der Waals surface area contributed by atoms with Crippen molar-refractivity contribution in [3.63, 3.8) is 0 Å². The van der Waals surface area contributed by atoms with Crippen LogP contribution in [0.15, 0.2) is 65.8 Å². The summed E-state index contributed by atoms with van der Waals surface area (Å²) in [5.74, 6) is 0.0211. The SMILES string of the molecule is NS(=O)(=O)c1cc(NC(=O)Cc2cccnc2)cc(Oc2ccc(Cl)cc2Cl)c1. The summed E-state index contributed by atoms with van der Waals surface area (Å²) in [5, 5.41) is 8.53. The van der Waals surface area contributed by atoms with E-state index in [1.165, 1.54) is 30.3 Å². The van der Waals surface area contributed by atoms with Gasteiger partial charge in [0.25, 0.3) is 0 Å². The van der Waals surface area contributed by atoms with Crippen LogP contribution in [0.4, 0.5) is 5.69 Å². The monoisotopic (exact) mass is 451 g/mol. The van der Waals surface area contributed by atoms with Crippen molar-refractivity contribution in [2.75, 3.05) is 5.32 Å². The first-order valence-corrected chi connectivity index (χ1v) is 10.5. The lowest BCUT2D eigenvalue weighted by atomic mass is 10.2. The molecule has 0 atom stereocenters. The summed E-state index contributed by atoms with van der Waals surface area (Å²) in [6.45, 7) is 0. The normalized spacial score (nSPS) is 11.1. The molecular formula is C19H15Cl2N3O4S. The Morgan fingerprint density at radius 1 is 1.14 bits per heavy atom. The molecule has 0 saturated heterocycles. The zero-order valence-corrected chi connectivity index (χ0v) is 17.1. The van der Waals surface area contributed by atoms with Crippen molar-refractivity contribution < 1.29 is 17.9 Å². The average molecular weight is 452 g/mol. The fourth-order valence-electron chi connectivity index (χ4n) is 2.45. The number of benzene rings is 2. The molecule has 0 unspecified atom stereocenters. The van der Waals surface area contributed by atoms with Gasteiger partial charge >= 0.3 is 0 Å². The average Bonchev–Trinajstić information content (AvgIpc) is 2.64. The van der Waals surface area contributed by atoms with Crippen LogP contribution in [0.5, 0.6) is 11.5 Å². The molecule has 0 aliphatic carbocycles. The van der Waals surface area contributed by atoms with E-state index < -0.39 is 10.0 Å². The maximum absolute atomic E-state index is 12.3. The van der Waals surface area contributed by atoms with Gasteiger partial charge in [-0.1, -0.05) is 29.3 Å². The molecule has 0 aliphatic heterocycles. The van der Waals surface area contributed by atoms with Crippen LogP contribution >= 0.6 is 23.2 Å². The second-order valence-corrected chi connectivity index (χ2v) is 8.41. The molecule has 150 valence electrons. The van der Waals surface area contributed by atoms with Gasteiger partial charge in [-0.2, -0.15) is 0 Å². The minimum Gasteiger partial charge on any atom is -0.456 e. The lowest BCUT2D eigenvalue weighted by molar-refractivity contribution is -0.115. The highest BCUT2D eigenvalue weighted by atomic mass is 35.5. The summed E-state index contributed by atoms with van der Waals surface area (Å²) in [6.07, 6.45) is 3.23. The Balaban J connectivity index is 1.88. The maximum Gasteiger partial charge on any atom is 0.238 e. The summed E-state index contributed by atoms with van der Waals surface area (Å²) < 4.78 is 29.3. The third kappa shape index (κ3) is 5.91. The van der Waals surface area contributed by atoms with Crippen LogP contribution in [-0.2, 0) is 21.2 Å². The molecule has 0 spiro atoms. The Morgan fingerprint density at radius 3 is 2.59 bits per heavy atom. The van der Waals surface area contributed by atoms with Crippen molar-refractivity contribution in [3.8, 4) is 11.5 Å². The van der Waals surface area contributed by atoms with E-state index in [0.29, 0.717) is 10.6 Å². The van der Waals surface area contributed by atoms with Crippen LogP contribution in [0.3, 0.4) is 0 Å². The van der Waals surface area contributed by atoms with Crippen LogP contribution in [0.1, 0.15) is 5.56 Å². The molecule has 1 heterocycles. The third-order valence-corrected chi connectivity index (χ3v) is 5.12. The van der Waals surface area contributed by atoms with E-state index in [4.69, 9.17) is 33.1 Å². The molecule has 29 heavy (non-hydrogen) atoms. The number of hydrogen-bond donors (Lipinski definition) is 2. The zero-order valence-electron chi connectivity index (χ0n) is 14.8. The number of nitrogens with zero attached hydrogens (tertiary/aromatic N) is 1. The van der Waals surface area contributed by atoms with E-state index in [9.17, 15) is 13.2 Å². The minimum absolute atomic E-state index is 0.0621. The van der Waals surface area contributed by atoms with Crippen LogP contribution in [0.2, 0.25) is 10.0 Å². The molecule has 3 aromatic rings. The quantitative estimate of drug-likeness (QED) is 0.587. The number of nitrogens with two attached hydrogens (primary N) is 1. The van der Waals surface area contributed by atoms with Gasteiger partial charge in [-0.05, 0) is 35.9 Å². The second kappa shape index (κ2) is 8.79. The van der Waals surface area contributed by atoms with Gasteiger partial charge in [0.2, 0.25) is 15.9 Å². The Hall–Kier alpha value is -2.65. The van der Waals surface area contributed by atoms with Crippen molar-refractivity contribution in [2.24, 2.45) is 5.14 Å². The van der Waals surface area contributed by atoms with Gasteiger partial charge in [0, 0.05) is 35.2 Å². The number of pyridine rings is 1. The molecule has 1 aromatic heterocycles. The van der Waals surface area contributed by atoms with Crippen LogP contribution in [0, 0.1) is 0 Å². The molecule has 2 aromatic carbocycles. The van der Waals surface area contributed by atoms with Crippen LogP contribution in [0.25, 0.3) is 0 Å². The summed E-state index contributed by atoms with van der Waals surface area (Å²) in [4.78, 5) is 16.0. The number of sulfonamides is 1. The maximum atomic E-state index is 12.3. The van der Waals surface area contributed by atoms with Gasteiger partial charge in [-0.3, -0.25) is 9.78 Å². The van der Waals surface area contributed by atoms with Crippen molar-refractivity contribution in [3.05, 3.63) is 76.5 Å².